The van der Waals surface area contributed by atoms with Crippen LogP contribution in [0.3, 0.4) is 0 Å². The first-order chi connectivity index (χ1) is 10.3. The van der Waals surface area contributed by atoms with Crippen LogP contribution >= 0.6 is 0 Å². The lowest BCUT2D eigenvalue weighted by molar-refractivity contribution is 0.00282. The highest BCUT2D eigenvalue weighted by molar-refractivity contribution is 5.47. The number of anilines is 1. The van der Waals surface area contributed by atoms with Crippen LogP contribution in [0.5, 0.6) is 0 Å². The van der Waals surface area contributed by atoms with E-state index in [0.29, 0.717) is 12.1 Å². The Morgan fingerprint density at radius 1 is 1.10 bits per heavy atom. The number of rotatable bonds is 3. The van der Waals surface area contributed by atoms with E-state index in [4.69, 9.17) is 4.74 Å². The van der Waals surface area contributed by atoms with E-state index in [-0.39, 0.29) is 0 Å². The van der Waals surface area contributed by atoms with Gasteiger partial charge in [-0.05, 0) is 44.7 Å². The molecule has 0 radical (unpaired) electrons. The molecule has 114 valence electrons. The Kier molecular flexibility index (Phi) is 3.64. The summed E-state index contributed by atoms with van der Waals surface area (Å²) < 4.78 is 5.71. The van der Waals surface area contributed by atoms with Gasteiger partial charge < -0.3 is 15.0 Å². The van der Waals surface area contributed by atoms with Gasteiger partial charge in [-0.1, -0.05) is 17.7 Å². The molecule has 3 atom stereocenters. The van der Waals surface area contributed by atoms with Crippen molar-refractivity contribution in [3.63, 3.8) is 0 Å². The zero-order valence-electron chi connectivity index (χ0n) is 12.9. The van der Waals surface area contributed by atoms with E-state index in [0.717, 1.165) is 18.6 Å². The number of benzene rings is 1. The molecule has 1 saturated carbocycles. The van der Waals surface area contributed by atoms with Crippen molar-refractivity contribution < 1.29 is 4.74 Å². The van der Waals surface area contributed by atoms with Gasteiger partial charge >= 0.3 is 0 Å². The molecule has 1 aromatic rings. The number of hydrogen-bond acceptors (Lipinski definition) is 3. The van der Waals surface area contributed by atoms with Crippen LogP contribution in [0, 0.1) is 12.8 Å². The second-order valence-electron chi connectivity index (χ2n) is 6.97. The van der Waals surface area contributed by atoms with E-state index >= 15 is 0 Å². The van der Waals surface area contributed by atoms with Crippen LogP contribution in [0.1, 0.15) is 31.2 Å². The van der Waals surface area contributed by atoms with Crippen LogP contribution < -0.4 is 10.2 Å². The van der Waals surface area contributed by atoms with Gasteiger partial charge in [0.2, 0.25) is 0 Å². The number of piperidine rings is 1. The summed E-state index contributed by atoms with van der Waals surface area (Å²) in [6.45, 7) is 5.49. The van der Waals surface area contributed by atoms with Crippen molar-refractivity contribution in [1.82, 2.24) is 5.32 Å². The van der Waals surface area contributed by atoms with Gasteiger partial charge in [0.25, 0.3) is 0 Å². The van der Waals surface area contributed by atoms with Gasteiger partial charge in [0.05, 0.1) is 6.10 Å². The Balaban J connectivity index is 1.28. The first-order valence-corrected chi connectivity index (χ1v) is 8.49. The van der Waals surface area contributed by atoms with Gasteiger partial charge in [0, 0.05) is 43.4 Å². The van der Waals surface area contributed by atoms with E-state index in [1.54, 1.807) is 0 Å². The predicted octanol–water partition coefficient (Wildman–Crippen LogP) is 2.73. The van der Waals surface area contributed by atoms with Crippen LogP contribution in [-0.4, -0.2) is 37.9 Å². The van der Waals surface area contributed by atoms with Crippen LogP contribution in [0.25, 0.3) is 0 Å². The van der Waals surface area contributed by atoms with Crippen LogP contribution in [0.15, 0.2) is 24.3 Å². The summed E-state index contributed by atoms with van der Waals surface area (Å²) in [7, 11) is 0. The Morgan fingerprint density at radius 2 is 1.86 bits per heavy atom. The quantitative estimate of drug-likeness (QED) is 0.924. The molecule has 0 spiro atoms. The molecule has 3 heteroatoms. The molecule has 0 amide bonds. The van der Waals surface area contributed by atoms with Crippen molar-refractivity contribution in [1.29, 1.82) is 0 Å². The lowest BCUT2D eigenvalue weighted by atomic mass is 9.75. The molecule has 2 saturated heterocycles. The molecule has 2 heterocycles. The SMILES string of the molecule is Cc1ccc(N2CCC(N[C@@H]3C[C@H]4OCC[C@@H]34)CC2)cc1. The predicted molar refractivity (Wildman–Crippen MR) is 85.8 cm³/mol. The lowest BCUT2D eigenvalue weighted by Gasteiger charge is -2.43. The fraction of sp³-hybridized carbons (Fsp3) is 0.667. The number of ether oxygens (including phenoxy) is 1. The highest BCUT2D eigenvalue weighted by Gasteiger charge is 2.45. The fourth-order valence-corrected chi connectivity index (χ4v) is 4.15. The Bertz CT molecular complexity index is 478. The zero-order valence-corrected chi connectivity index (χ0v) is 12.9. The summed E-state index contributed by atoms with van der Waals surface area (Å²) in [6.07, 6.45) is 5.62. The van der Waals surface area contributed by atoms with Gasteiger partial charge in [0.15, 0.2) is 0 Å². The second-order valence-corrected chi connectivity index (χ2v) is 6.97. The summed E-state index contributed by atoms with van der Waals surface area (Å²) in [6, 6.07) is 10.4. The van der Waals surface area contributed by atoms with Crippen LogP contribution in [-0.2, 0) is 4.74 Å². The largest absolute Gasteiger partial charge is 0.378 e. The fourth-order valence-electron chi connectivity index (χ4n) is 4.15. The summed E-state index contributed by atoms with van der Waals surface area (Å²) in [4.78, 5) is 2.53. The van der Waals surface area contributed by atoms with E-state index in [9.17, 15) is 0 Å². The van der Waals surface area contributed by atoms with Gasteiger partial charge in [-0.15, -0.1) is 0 Å². The van der Waals surface area contributed by atoms with Gasteiger partial charge in [-0.2, -0.15) is 0 Å². The monoisotopic (exact) mass is 286 g/mol. The molecule has 1 aliphatic carbocycles. The maximum atomic E-state index is 5.71. The third-order valence-electron chi connectivity index (χ3n) is 5.61. The first-order valence-electron chi connectivity index (χ1n) is 8.49. The van der Waals surface area contributed by atoms with Crippen LogP contribution in [0.4, 0.5) is 5.69 Å². The molecule has 21 heavy (non-hydrogen) atoms. The summed E-state index contributed by atoms with van der Waals surface area (Å²) in [5.74, 6) is 0.806. The second kappa shape index (κ2) is 5.62. The average molecular weight is 286 g/mol. The molecule has 3 fully saturated rings. The van der Waals surface area contributed by atoms with Gasteiger partial charge in [-0.3, -0.25) is 0 Å². The molecular weight excluding hydrogens is 260 g/mol. The number of nitrogens with one attached hydrogen (secondary N) is 1. The van der Waals surface area contributed by atoms with Crippen molar-refractivity contribution in [2.24, 2.45) is 5.92 Å². The van der Waals surface area contributed by atoms with Crippen LogP contribution in [0.2, 0.25) is 0 Å². The van der Waals surface area contributed by atoms with E-state index in [1.807, 2.05) is 0 Å². The van der Waals surface area contributed by atoms with Crippen molar-refractivity contribution in [3.8, 4) is 0 Å². The Hall–Kier alpha value is -1.06. The molecular formula is C18H26N2O. The van der Waals surface area contributed by atoms with E-state index in [1.165, 1.54) is 50.0 Å². The maximum absolute atomic E-state index is 5.71. The highest BCUT2D eigenvalue weighted by Crippen LogP contribution is 2.39. The number of aryl methyl sites for hydroxylation is 1. The normalized spacial score (nSPS) is 32.8. The highest BCUT2D eigenvalue weighted by atomic mass is 16.5. The topological polar surface area (TPSA) is 24.5 Å². The van der Waals surface area contributed by atoms with E-state index in [2.05, 4.69) is 41.4 Å². The molecule has 0 unspecified atom stereocenters. The first kappa shape index (κ1) is 13.6. The summed E-state index contributed by atoms with van der Waals surface area (Å²) in [5.41, 5.74) is 2.72. The molecule has 1 aromatic carbocycles. The molecule has 0 bridgehead atoms. The minimum atomic E-state index is 0.579. The number of fused-ring (bicyclic) bond motifs is 1. The van der Waals surface area contributed by atoms with E-state index < -0.39 is 0 Å². The summed E-state index contributed by atoms with van der Waals surface area (Å²) >= 11 is 0. The summed E-state index contributed by atoms with van der Waals surface area (Å²) in [5, 5.41) is 3.90. The molecule has 3 aliphatic rings. The minimum Gasteiger partial charge on any atom is -0.378 e. The number of hydrogen-bond donors (Lipinski definition) is 1. The van der Waals surface area contributed by atoms with Crippen molar-refractivity contribution in [3.05, 3.63) is 29.8 Å². The van der Waals surface area contributed by atoms with Crippen molar-refractivity contribution in [2.45, 2.75) is 50.8 Å². The molecule has 0 aromatic heterocycles. The molecule has 3 nitrogen and oxygen atoms in total. The average Bonchev–Trinajstić information content (AvgIpc) is 2.88. The smallest absolute Gasteiger partial charge is 0.0633 e. The minimum absolute atomic E-state index is 0.579. The maximum Gasteiger partial charge on any atom is 0.0633 e. The Morgan fingerprint density at radius 3 is 2.57 bits per heavy atom. The zero-order chi connectivity index (χ0) is 14.2. The van der Waals surface area contributed by atoms with Gasteiger partial charge in [0.1, 0.15) is 0 Å². The number of nitrogens with zero attached hydrogens (tertiary/aromatic N) is 1. The molecule has 4 rings (SSSR count). The molecule has 1 N–H and O–H groups in total. The Labute approximate surface area is 127 Å². The third kappa shape index (κ3) is 2.69. The lowest BCUT2D eigenvalue weighted by Crippen LogP contribution is -2.56. The standard InChI is InChI=1S/C18H26N2O/c1-13-2-4-15(5-3-13)20-9-6-14(7-10-20)19-17-12-18-16(17)8-11-21-18/h2-5,14,16-19H,6-12H2,1H3/t16-,17+,18+/m0/s1. The van der Waals surface area contributed by atoms with Gasteiger partial charge in [-0.25, -0.2) is 0 Å². The third-order valence-corrected chi connectivity index (χ3v) is 5.61. The van der Waals surface area contributed by atoms with Crippen molar-refractivity contribution >= 4 is 5.69 Å². The van der Waals surface area contributed by atoms with Crippen molar-refractivity contribution in [2.75, 3.05) is 24.6 Å². The molecule has 2 aliphatic heterocycles.